The Kier molecular flexibility index (Phi) is 6.11. The van der Waals surface area contributed by atoms with E-state index in [2.05, 4.69) is 4.90 Å². The van der Waals surface area contributed by atoms with Crippen molar-refractivity contribution in [2.45, 2.75) is 19.3 Å². The molecule has 1 saturated heterocycles. The summed E-state index contributed by atoms with van der Waals surface area (Å²) in [5.74, 6) is 1.61. The van der Waals surface area contributed by atoms with Crippen LogP contribution in [0.1, 0.15) is 35.2 Å². The lowest BCUT2D eigenvalue weighted by molar-refractivity contribution is 0.104. The molecule has 4 heteroatoms. The molecule has 0 N–H and O–H groups in total. The Balaban J connectivity index is 1.43. The van der Waals surface area contributed by atoms with Gasteiger partial charge in [0.1, 0.15) is 18.1 Å². The van der Waals surface area contributed by atoms with Gasteiger partial charge in [-0.1, -0.05) is 24.6 Å². The molecular weight excluding hydrogens is 362 g/mol. The van der Waals surface area contributed by atoms with E-state index in [0.29, 0.717) is 17.7 Å². The molecule has 0 unspecified atom stereocenters. The minimum Gasteiger partial charge on any atom is -0.497 e. The topological polar surface area (TPSA) is 38.8 Å². The Morgan fingerprint density at radius 1 is 0.931 bits per heavy atom. The van der Waals surface area contributed by atoms with E-state index in [1.165, 1.54) is 32.4 Å². The number of ether oxygens (including phenoxy) is 2. The number of likely N-dealkylation sites (tertiary alicyclic amines) is 1. The largest absolute Gasteiger partial charge is 0.497 e. The SMILES string of the molecule is COc1ccc2c(C(=O)c3ccc(OCCN4CCCCC4)cc3)cccc2c1. The molecule has 0 amide bonds. The van der Waals surface area contributed by atoms with Crippen LogP contribution in [0.2, 0.25) is 0 Å². The number of methoxy groups -OCH3 is 1. The second kappa shape index (κ2) is 9.10. The predicted molar refractivity (Wildman–Crippen MR) is 116 cm³/mol. The average Bonchev–Trinajstić information content (AvgIpc) is 2.79. The summed E-state index contributed by atoms with van der Waals surface area (Å²) >= 11 is 0. The fourth-order valence-corrected chi connectivity index (χ4v) is 3.92. The van der Waals surface area contributed by atoms with Crippen LogP contribution in [0, 0.1) is 0 Å². The second-order valence-electron chi connectivity index (χ2n) is 7.50. The Labute approximate surface area is 172 Å². The Morgan fingerprint density at radius 3 is 2.45 bits per heavy atom. The highest BCUT2D eigenvalue weighted by molar-refractivity contribution is 6.16. The van der Waals surface area contributed by atoms with E-state index >= 15 is 0 Å². The first-order valence-electron chi connectivity index (χ1n) is 10.3. The average molecular weight is 389 g/mol. The van der Waals surface area contributed by atoms with E-state index in [0.717, 1.165) is 28.8 Å². The number of rotatable bonds is 7. The maximum atomic E-state index is 13.1. The van der Waals surface area contributed by atoms with Gasteiger partial charge in [0.2, 0.25) is 0 Å². The zero-order chi connectivity index (χ0) is 20.1. The van der Waals surface area contributed by atoms with Gasteiger partial charge in [0.15, 0.2) is 5.78 Å². The van der Waals surface area contributed by atoms with Crippen LogP contribution in [0.15, 0.2) is 60.7 Å². The van der Waals surface area contributed by atoms with Crippen LogP contribution < -0.4 is 9.47 Å². The molecule has 1 aliphatic rings. The number of benzene rings is 3. The van der Waals surface area contributed by atoms with Crippen molar-refractivity contribution in [1.82, 2.24) is 4.90 Å². The van der Waals surface area contributed by atoms with E-state index < -0.39 is 0 Å². The highest BCUT2D eigenvalue weighted by Gasteiger charge is 2.13. The number of fused-ring (bicyclic) bond motifs is 1. The summed E-state index contributed by atoms with van der Waals surface area (Å²) in [4.78, 5) is 15.5. The third kappa shape index (κ3) is 4.60. The van der Waals surface area contributed by atoms with Gasteiger partial charge in [-0.25, -0.2) is 0 Å². The number of ketones is 1. The standard InChI is InChI=1S/C25H27NO3/c1-28-22-12-13-23-20(18-22)6-5-7-24(23)25(27)19-8-10-21(11-9-19)29-17-16-26-14-3-2-4-15-26/h5-13,18H,2-4,14-17H2,1H3. The van der Waals surface area contributed by atoms with Crippen LogP contribution >= 0.6 is 0 Å². The monoisotopic (exact) mass is 389 g/mol. The molecule has 1 heterocycles. The maximum absolute atomic E-state index is 13.1. The summed E-state index contributed by atoms with van der Waals surface area (Å²) in [6, 6.07) is 19.0. The van der Waals surface area contributed by atoms with Crippen LogP contribution in [0.25, 0.3) is 10.8 Å². The van der Waals surface area contributed by atoms with Crippen LogP contribution in [-0.2, 0) is 0 Å². The molecule has 3 aromatic rings. The summed E-state index contributed by atoms with van der Waals surface area (Å²) in [5, 5.41) is 1.92. The summed E-state index contributed by atoms with van der Waals surface area (Å²) in [6.45, 7) is 3.99. The van der Waals surface area contributed by atoms with E-state index in [-0.39, 0.29) is 5.78 Å². The van der Waals surface area contributed by atoms with Crippen molar-refractivity contribution < 1.29 is 14.3 Å². The molecule has 4 rings (SSSR count). The first-order valence-corrected chi connectivity index (χ1v) is 10.3. The molecule has 0 bridgehead atoms. The van der Waals surface area contributed by atoms with Crippen LogP contribution in [0.4, 0.5) is 0 Å². The van der Waals surface area contributed by atoms with Crippen molar-refractivity contribution >= 4 is 16.6 Å². The van der Waals surface area contributed by atoms with Gasteiger partial charge in [-0.3, -0.25) is 9.69 Å². The summed E-state index contributed by atoms with van der Waals surface area (Å²) in [5.41, 5.74) is 1.36. The van der Waals surface area contributed by atoms with Crippen LogP contribution in [0.5, 0.6) is 11.5 Å². The van der Waals surface area contributed by atoms with Gasteiger partial charge in [0, 0.05) is 17.7 Å². The molecule has 0 radical (unpaired) electrons. The van der Waals surface area contributed by atoms with Gasteiger partial charge < -0.3 is 9.47 Å². The van der Waals surface area contributed by atoms with Crippen molar-refractivity contribution in [3.8, 4) is 11.5 Å². The quantitative estimate of drug-likeness (QED) is 0.536. The molecule has 0 spiro atoms. The Bertz CT molecular complexity index is 975. The van der Waals surface area contributed by atoms with Crippen molar-refractivity contribution in [1.29, 1.82) is 0 Å². The fraction of sp³-hybridized carbons (Fsp3) is 0.320. The molecule has 0 aromatic heterocycles. The summed E-state index contributed by atoms with van der Waals surface area (Å²) in [6.07, 6.45) is 3.92. The first kappa shape index (κ1) is 19.5. The van der Waals surface area contributed by atoms with Crippen LogP contribution in [-0.4, -0.2) is 44.0 Å². The minimum absolute atomic E-state index is 0.0145. The van der Waals surface area contributed by atoms with E-state index in [9.17, 15) is 4.79 Å². The van der Waals surface area contributed by atoms with E-state index in [1.54, 1.807) is 7.11 Å². The zero-order valence-corrected chi connectivity index (χ0v) is 16.9. The molecule has 1 fully saturated rings. The van der Waals surface area contributed by atoms with Crippen molar-refractivity contribution in [2.75, 3.05) is 33.4 Å². The molecule has 0 saturated carbocycles. The van der Waals surface area contributed by atoms with Gasteiger partial charge >= 0.3 is 0 Å². The minimum atomic E-state index is 0.0145. The predicted octanol–water partition coefficient (Wildman–Crippen LogP) is 4.94. The van der Waals surface area contributed by atoms with Crippen LogP contribution in [0.3, 0.4) is 0 Å². The number of hydrogen-bond donors (Lipinski definition) is 0. The maximum Gasteiger partial charge on any atom is 0.193 e. The fourth-order valence-electron chi connectivity index (χ4n) is 3.92. The van der Waals surface area contributed by atoms with Gasteiger partial charge in [-0.2, -0.15) is 0 Å². The molecule has 3 aromatic carbocycles. The van der Waals surface area contributed by atoms with E-state index in [1.807, 2.05) is 60.7 Å². The highest BCUT2D eigenvalue weighted by Crippen LogP contribution is 2.26. The third-order valence-electron chi connectivity index (χ3n) is 5.57. The molecule has 4 nitrogen and oxygen atoms in total. The van der Waals surface area contributed by atoms with E-state index in [4.69, 9.17) is 9.47 Å². The molecule has 1 aliphatic heterocycles. The second-order valence-corrected chi connectivity index (χ2v) is 7.50. The third-order valence-corrected chi connectivity index (χ3v) is 5.57. The van der Waals surface area contributed by atoms with Crippen molar-refractivity contribution in [3.63, 3.8) is 0 Å². The van der Waals surface area contributed by atoms with Gasteiger partial charge in [-0.05, 0) is 79.2 Å². The normalized spacial score (nSPS) is 14.7. The smallest absolute Gasteiger partial charge is 0.193 e. The number of carbonyl (C=O) groups is 1. The van der Waals surface area contributed by atoms with Gasteiger partial charge in [0.05, 0.1) is 7.11 Å². The number of hydrogen-bond acceptors (Lipinski definition) is 4. The number of nitrogens with zero attached hydrogens (tertiary/aromatic N) is 1. The Hall–Kier alpha value is -2.85. The molecular formula is C25H27NO3. The van der Waals surface area contributed by atoms with Crippen molar-refractivity contribution in [2.24, 2.45) is 0 Å². The van der Waals surface area contributed by atoms with Crippen molar-refractivity contribution in [3.05, 3.63) is 71.8 Å². The lowest BCUT2D eigenvalue weighted by atomic mass is 9.97. The number of piperidine rings is 1. The lowest BCUT2D eigenvalue weighted by Crippen LogP contribution is -2.33. The first-order chi connectivity index (χ1) is 14.2. The molecule has 0 atom stereocenters. The van der Waals surface area contributed by atoms with Gasteiger partial charge in [0.25, 0.3) is 0 Å². The molecule has 150 valence electrons. The highest BCUT2D eigenvalue weighted by atomic mass is 16.5. The molecule has 0 aliphatic carbocycles. The lowest BCUT2D eigenvalue weighted by Gasteiger charge is -2.26. The zero-order valence-electron chi connectivity index (χ0n) is 16.9. The van der Waals surface area contributed by atoms with Gasteiger partial charge in [-0.15, -0.1) is 0 Å². The summed E-state index contributed by atoms with van der Waals surface area (Å²) < 4.78 is 11.2. The summed E-state index contributed by atoms with van der Waals surface area (Å²) in [7, 11) is 1.65. The Morgan fingerprint density at radius 2 is 1.69 bits per heavy atom. The number of carbonyl (C=O) groups excluding carboxylic acids is 1. The molecule has 29 heavy (non-hydrogen) atoms.